The Kier molecular flexibility index (Phi) is 3.71. The first kappa shape index (κ1) is 14.1. The lowest BCUT2D eigenvalue weighted by atomic mass is 10.1. The third kappa shape index (κ3) is 2.81. The molecule has 110 valence electrons. The van der Waals surface area contributed by atoms with Crippen molar-refractivity contribution in [2.75, 3.05) is 18.4 Å². The maximum atomic E-state index is 12.2. The predicted molar refractivity (Wildman–Crippen MR) is 84.6 cm³/mol. The summed E-state index contributed by atoms with van der Waals surface area (Å²) < 4.78 is 0. The fraction of sp³-hybridized carbons (Fsp3) is 0.400. The zero-order chi connectivity index (χ0) is 15.0. The molecule has 1 aromatic rings. The monoisotopic (exact) mass is 303 g/mol. The predicted octanol–water partition coefficient (Wildman–Crippen LogP) is 1.95. The first-order valence-electron chi connectivity index (χ1n) is 6.94. The Labute approximate surface area is 127 Å². The summed E-state index contributed by atoms with van der Waals surface area (Å²) in [6.07, 6.45) is 0.187. The molecule has 2 aliphatic rings. The van der Waals surface area contributed by atoms with E-state index in [1.807, 2.05) is 32.0 Å². The summed E-state index contributed by atoms with van der Waals surface area (Å²) in [6, 6.07) is 5.93. The van der Waals surface area contributed by atoms with E-state index < -0.39 is 0 Å². The molecule has 5 nitrogen and oxygen atoms in total. The first-order chi connectivity index (χ1) is 10.0. The maximum absolute atomic E-state index is 12.2. The molecule has 2 aliphatic heterocycles. The van der Waals surface area contributed by atoms with Gasteiger partial charge < -0.3 is 5.32 Å². The van der Waals surface area contributed by atoms with Crippen LogP contribution in [0.1, 0.15) is 17.5 Å². The fourth-order valence-corrected chi connectivity index (χ4v) is 3.64. The fourth-order valence-electron chi connectivity index (χ4n) is 2.45. The molecule has 0 radical (unpaired) electrons. The van der Waals surface area contributed by atoms with Crippen LogP contribution in [0.3, 0.4) is 0 Å². The quantitative estimate of drug-likeness (QED) is 0.928. The number of aliphatic imine (C=N–C) groups is 1. The van der Waals surface area contributed by atoms with Crippen LogP contribution in [0.4, 0.5) is 5.69 Å². The van der Waals surface area contributed by atoms with E-state index in [-0.39, 0.29) is 23.5 Å². The minimum Gasteiger partial charge on any atom is -0.326 e. The van der Waals surface area contributed by atoms with Crippen LogP contribution in [-0.2, 0) is 9.59 Å². The van der Waals surface area contributed by atoms with E-state index in [0.717, 1.165) is 22.0 Å². The van der Waals surface area contributed by atoms with Crippen molar-refractivity contribution in [3.8, 4) is 0 Å². The van der Waals surface area contributed by atoms with Crippen molar-refractivity contribution in [3.63, 3.8) is 0 Å². The molecule has 0 saturated carbocycles. The average Bonchev–Trinajstić information content (AvgIpc) is 2.99. The highest BCUT2D eigenvalue weighted by atomic mass is 32.2. The molecule has 1 atom stereocenters. The molecule has 2 amide bonds. The van der Waals surface area contributed by atoms with E-state index in [9.17, 15) is 9.59 Å². The van der Waals surface area contributed by atoms with Gasteiger partial charge in [0.25, 0.3) is 0 Å². The second-order valence-electron chi connectivity index (χ2n) is 5.33. The van der Waals surface area contributed by atoms with Gasteiger partial charge in [-0.1, -0.05) is 23.9 Å². The zero-order valence-corrected chi connectivity index (χ0v) is 12.9. The Bertz CT molecular complexity index is 642. The maximum Gasteiger partial charge on any atom is 0.242 e. The number of thioether (sulfide) groups is 1. The number of hydrogen-bond donors (Lipinski definition) is 1. The number of nitrogens with one attached hydrogen (secondary N) is 1. The van der Waals surface area contributed by atoms with Gasteiger partial charge in [0, 0.05) is 18.7 Å². The highest BCUT2D eigenvalue weighted by Crippen LogP contribution is 2.31. The van der Waals surface area contributed by atoms with Crippen LogP contribution in [0, 0.1) is 13.8 Å². The second kappa shape index (κ2) is 5.52. The van der Waals surface area contributed by atoms with Gasteiger partial charge in [-0.05, 0) is 31.0 Å². The molecule has 0 aliphatic carbocycles. The number of hydrogen-bond acceptors (Lipinski definition) is 4. The van der Waals surface area contributed by atoms with Crippen molar-refractivity contribution in [2.24, 2.45) is 4.99 Å². The molecule has 21 heavy (non-hydrogen) atoms. The Morgan fingerprint density at radius 3 is 3.05 bits per heavy atom. The molecule has 1 saturated heterocycles. The smallest absolute Gasteiger partial charge is 0.242 e. The van der Waals surface area contributed by atoms with Crippen molar-refractivity contribution in [1.29, 1.82) is 0 Å². The summed E-state index contributed by atoms with van der Waals surface area (Å²) in [6.45, 7) is 5.26. The zero-order valence-electron chi connectivity index (χ0n) is 12.0. The normalized spacial score (nSPS) is 20.5. The summed E-state index contributed by atoms with van der Waals surface area (Å²) in [5.41, 5.74) is 2.93. The van der Waals surface area contributed by atoms with Gasteiger partial charge in [0.1, 0.15) is 5.25 Å². The third-order valence-electron chi connectivity index (χ3n) is 3.63. The van der Waals surface area contributed by atoms with E-state index in [4.69, 9.17) is 0 Å². The van der Waals surface area contributed by atoms with Crippen molar-refractivity contribution in [2.45, 2.75) is 25.5 Å². The van der Waals surface area contributed by atoms with Gasteiger partial charge in [-0.2, -0.15) is 0 Å². The van der Waals surface area contributed by atoms with Gasteiger partial charge in [0.15, 0.2) is 5.17 Å². The molecular weight excluding hydrogens is 286 g/mol. The van der Waals surface area contributed by atoms with Crippen LogP contribution in [0.5, 0.6) is 0 Å². The van der Waals surface area contributed by atoms with Crippen LogP contribution in [-0.4, -0.2) is 40.2 Å². The molecule has 0 spiro atoms. The van der Waals surface area contributed by atoms with Crippen molar-refractivity contribution >= 4 is 34.4 Å². The minimum absolute atomic E-state index is 0.00682. The number of carbonyl (C=O) groups excluding carboxylic acids is 2. The number of amides is 2. The molecule has 0 aromatic heterocycles. The van der Waals surface area contributed by atoms with Crippen LogP contribution < -0.4 is 5.32 Å². The number of nitrogens with zero attached hydrogens (tertiary/aromatic N) is 2. The first-order valence-corrected chi connectivity index (χ1v) is 7.82. The average molecular weight is 303 g/mol. The number of rotatable bonds is 3. The lowest BCUT2D eigenvalue weighted by Crippen LogP contribution is -2.32. The highest BCUT2D eigenvalue weighted by molar-refractivity contribution is 8.15. The Morgan fingerprint density at radius 2 is 2.29 bits per heavy atom. The largest absolute Gasteiger partial charge is 0.326 e. The topological polar surface area (TPSA) is 61.8 Å². The molecule has 1 fully saturated rings. The molecular formula is C15H17N3O2S. The number of fused-ring (bicyclic) bond motifs is 1. The van der Waals surface area contributed by atoms with Crippen molar-refractivity contribution in [1.82, 2.24) is 4.90 Å². The van der Waals surface area contributed by atoms with E-state index in [0.29, 0.717) is 13.1 Å². The lowest BCUT2D eigenvalue weighted by molar-refractivity contribution is -0.127. The van der Waals surface area contributed by atoms with Crippen LogP contribution >= 0.6 is 11.8 Å². The summed E-state index contributed by atoms with van der Waals surface area (Å²) in [5, 5.41) is 3.33. The third-order valence-corrected chi connectivity index (χ3v) is 4.84. The standard InChI is InChI=1S/C15H17N3O2S/c1-9-3-4-10(2)11(7-9)17-13(19)8-12-14(20)18-6-5-16-15(18)21-12/h3-4,7,12H,5-6,8H2,1-2H3,(H,17,19). The molecule has 6 heteroatoms. The van der Waals surface area contributed by atoms with Gasteiger partial charge in [0.2, 0.25) is 11.8 Å². The number of benzene rings is 1. The molecule has 2 heterocycles. The summed E-state index contributed by atoms with van der Waals surface area (Å²) >= 11 is 1.40. The van der Waals surface area contributed by atoms with E-state index in [2.05, 4.69) is 10.3 Å². The van der Waals surface area contributed by atoms with Gasteiger partial charge >= 0.3 is 0 Å². The molecule has 1 unspecified atom stereocenters. The van der Waals surface area contributed by atoms with E-state index in [1.165, 1.54) is 11.8 Å². The molecule has 1 aromatic carbocycles. The Balaban J connectivity index is 1.65. The van der Waals surface area contributed by atoms with Gasteiger partial charge in [-0.25, -0.2) is 0 Å². The summed E-state index contributed by atoms with van der Waals surface area (Å²) in [4.78, 5) is 30.3. The second-order valence-corrected chi connectivity index (χ2v) is 6.50. The van der Waals surface area contributed by atoms with E-state index >= 15 is 0 Å². The summed E-state index contributed by atoms with van der Waals surface area (Å²) in [5.74, 6) is -0.122. The Hall–Kier alpha value is -1.82. The van der Waals surface area contributed by atoms with Crippen LogP contribution in [0.25, 0.3) is 0 Å². The van der Waals surface area contributed by atoms with E-state index in [1.54, 1.807) is 4.90 Å². The van der Waals surface area contributed by atoms with Crippen LogP contribution in [0.15, 0.2) is 23.2 Å². The molecule has 3 rings (SSSR count). The minimum atomic E-state index is -0.339. The van der Waals surface area contributed by atoms with Crippen molar-refractivity contribution in [3.05, 3.63) is 29.3 Å². The summed E-state index contributed by atoms with van der Waals surface area (Å²) in [7, 11) is 0. The van der Waals surface area contributed by atoms with Gasteiger partial charge in [-0.15, -0.1) is 0 Å². The number of amidine groups is 1. The lowest BCUT2D eigenvalue weighted by Gasteiger charge is -2.12. The highest BCUT2D eigenvalue weighted by Gasteiger charge is 2.40. The van der Waals surface area contributed by atoms with Crippen LogP contribution in [0.2, 0.25) is 0 Å². The van der Waals surface area contributed by atoms with Gasteiger partial charge in [-0.3, -0.25) is 19.5 Å². The molecule has 1 N–H and O–H groups in total. The number of carbonyl (C=O) groups is 2. The number of anilines is 1. The number of aryl methyl sites for hydroxylation is 2. The SMILES string of the molecule is Cc1ccc(C)c(NC(=O)CC2SC3=NCCN3C2=O)c1. The van der Waals surface area contributed by atoms with Gasteiger partial charge in [0.05, 0.1) is 6.54 Å². The molecule has 0 bridgehead atoms. The van der Waals surface area contributed by atoms with Crippen molar-refractivity contribution < 1.29 is 9.59 Å². The Morgan fingerprint density at radius 1 is 1.48 bits per heavy atom.